The van der Waals surface area contributed by atoms with Crippen molar-refractivity contribution in [1.82, 2.24) is 9.78 Å². The molecular weight excluding hydrogens is 270 g/mol. The quantitative estimate of drug-likeness (QED) is 0.343. The predicted octanol–water partition coefficient (Wildman–Crippen LogP) is 1.38. The van der Waals surface area contributed by atoms with E-state index in [0.717, 1.165) is 11.3 Å². The Kier molecular flexibility index (Phi) is 3.93. The molecule has 7 heteroatoms. The molecule has 2 aromatic rings. The first-order valence-corrected chi connectivity index (χ1v) is 6.33. The first-order valence-electron chi connectivity index (χ1n) is 6.33. The van der Waals surface area contributed by atoms with Crippen molar-refractivity contribution < 1.29 is 10.0 Å². The molecule has 0 radical (unpaired) electrons. The molecule has 1 amide bonds. The Morgan fingerprint density at radius 1 is 1.38 bits per heavy atom. The number of amidine groups is 1. The molecule has 0 unspecified atom stereocenters. The van der Waals surface area contributed by atoms with Gasteiger partial charge in [0.15, 0.2) is 5.84 Å². The zero-order chi connectivity index (χ0) is 15.6. The highest BCUT2D eigenvalue weighted by atomic mass is 16.4. The van der Waals surface area contributed by atoms with E-state index >= 15 is 0 Å². The first kappa shape index (κ1) is 14.6. The van der Waals surface area contributed by atoms with Crippen molar-refractivity contribution >= 4 is 17.4 Å². The van der Waals surface area contributed by atoms with Crippen LogP contribution in [-0.4, -0.2) is 26.7 Å². The van der Waals surface area contributed by atoms with E-state index in [2.05, 4.69) is 15.6 Å². The second kappa shape index (κ2) is 5.66. The molecule has 0 fully saturated rings. The fourth-order valence-corrected chi connectivity index (χ4v) is 1.98. The zero-order valence-corrected chi connectivity index (χ0v) is 12.1. The van der Waals surface area contributed by atoms with Crippen molar-refractivity contribution in [2.45, 2.75) is 13.8 Å². The number of aryl methyl sites for hydroxylation is 3. The molecule has 21 heavy (non-hydrogen) atoms. The standard InChI is InChI=1S/C14H17N5O2/c1-8-4-5-10(13(15)18-21)7-11(8)16-14(20)12-6-9(2)17-19(12)3/h4-7,21H,1-3H3,(H2,15,18)(H,16,20). The number of rotatable bonds is 3. The summed E-state index contributed by atoms with van der Waals surface area (Å²) in [5.41, 5.74) is 8.78. The van der Waals surface area contributed by atoms with Gasteiger partial charge in [0.05, 0.1) is 5.69 Å². The van der Waals surface area contributed by atoms with E-state index in [1.54, 1.807) is 31.3 Å². The molecule has 0 aliphatic heterocycles. The molecule has 0 saturated heterocycles. The maximum Gasteiger partial charge on any atom is 0.273 e. The lowest BCUT2D eigenvalue weighted by atomic mass is 10.1. The maximum atomic E-state index is 12.3. The highest BCUT2D eigenvalue weighted by Crippen LogP contribution is 2.18. The summed E-state index contributed by atoms with van der Waals surface area (Å²) in [6.45, 7) is 3.68. The Labute approximate surface area is 122 Å². The topological polar surface area (TPSA) is 106 Å². The molecule has 0 aliphatic carbocycles. The molecule has 1 heterocycles. The third-order valence-electron chi connectivity index (χ3n) is 3.12. The number of oxime groups is 1. The van der Waals surface area contributed by atoms with Gasteiger partial charge in [-0.05, 0) is 31.5 Å². The molecule has 0 aliphatic rings. The molecule has 0 atom stereocenters. The smallest absolute Gasteiger partial charge is 0.273 e. The maximum absolute atomic E-state index is 12.3. The zero-order valence-electron chi connectivity index (χ0n) is 12.1. The molecule has 4 N–H and O–H groups in total. The van der Waals surface area contributed by atoms with Gasteiger partial charge in [-0.1, -0.05) is 17.3 Å². The van der Waals surface area contributed by atoms with Crippen LogP contribution in [0.4, 0.5) is 5.69 Å². The van der Waals surface area contributed by atoms with Gasteiger partial charge in [-0.3, -0.25) is 9.48 Å². The second-order valence-electron chi connectivity index (χ2n) is 4.76. The van der Waals surface area contributed by atoms with Crippen LogP contribution in [0.3, 0.4) is 0 Å². The Bertz CT molecular complexity index is 718. The number of anilines is 1. The lowest BCUT2D eigenvalue weighted by molar-refractivity contribution is 0.101. The molecule has 110 valence electrons. The number of nitrogens with zero attached hydrogens (tertiary/aromatic N) is 3. The third kappa shape index (κ3) is 3.02. The van der Waals surface area contributed by atoms with Gasteiger partial charge in [-0.15, -0.1) is 0 Å². The second-order valence-corrected chi connectivity index (χ2v) is 4.76. The average molecular weight is 287 g/mol. The third-order valence-corrected chi connectivity index (χ3v) is 3.12. The number of carbonyl (C=O) groups excluding carboxylic acids is 1. The first-order chi connectivity index (χ1) is 9.92. The normalized spacial score (nSPS) is 11.5. The summed E-state index contributed by atoms with van der Waals surface area (Å²) >= 11 is 0. The van der Waals surface area contributed by atoms with Crippen LogP contribution in [0.1, 0.15) is 27.3 Å². The van der Waals surface area contributed by atoms with E-state index in [0.29, 0.717) is 16.9 Å². The van der Waals surface area contributed by atoms with Crippen LogP contribution in [0.5, 0.6) is 0 Å². The van der Waals surface area contributed by atoms with Crippen LogP contribution >= 0.6 is 0 Å². The van der Waals surface area contributed by atoms with Crippen molar-refractivity contribution in [2.24, 2.45) is 17.9 Å². The van der Waals surface area contributed by atoms with E-state index in [4.69, 9.17) is 10.9 Å². The summed E-state index contributed by atoms with van der Waals surface area (Å²) in [5.74, 6) is -0.278. The molecule has 1 aromatic heterocycles. The minimum absolute atomic E-state index is 0.0122. The SMILES string of the molecule is Cc1cc(C(=O)Nc2cc(C(N)=NO)ccc2C)n(C)n1. The Morgan fingerprint density at radius 2 is 2.10 bits per heavy atom. The van der Waals surface area contributed by atoms with Crippen LogP contribution in [0, 0.1) is 13.8 Å². The summed E-state index contributed by atoms with van der Waals surface area (Å²) in [4.78, 5) is 12.3. The van der Waals surface area contributed by atoms with E-state index in [-0.39, 0.29) is 11.7 Å². The van der Waals surface area contributed by atoms with E-state index in [1.807, 2.05) is 13.8 Å². The minimum Gasteiger partial charge on any atom is -0.409 e. The number of hydrogen-bond acceptors (Lipinski definition) is 4. The van der Waals surface area contributed by atoms with Gasteiger partial charge in [0.25, 0.3) is 5.91 Å². The minimum atomic E-state index is -0.266. The Morgan fingerprint density at radius 3 is 2.67 bits per heavy atom. The lowest BCUT2D eigenvalue weighted by Crippen LogP contribution is -2.18. The van der Waals surface area contributed by atoms with Gasteiger partial charge >= 0.3 is 0 Å². The lowest BCUT2D eigenvalue weighted by Gasteiger charge is -2.10. The fourth-order valence-electron chi connectivity index (χ4n) is 1.98. The molecule has 2 rings (SSSR count). The van der Waals surface area contributed by atoms with Gasteiger partial charge in [-0.25, -0.2) is 0 Å². The molecule has 0 spiro atoms. The predicted molar refractivity (Wildman–Crippen MR) is 79.6 cm³/mol. The van der Waals surface area contributed by atoms with Crippen molar-refractivity contribution in [3.05, 3.63) is 46.8 Å². The van der Waals surface area contributed by atoms with Crippen molar-refractivity contribution in [2.75, 3.05) is 5.32 Å². The van der Waals surface area contributed by atoms with Crippen molar-refractivity contribution in [3.63, 3.8) is 0 Å². The van der Waals surface area contributed by atoms with Gasteiger partial charge in [-0.2, -0.15) is 5.10 Å². The van der Waals surface area contributed by atoms with E-state index in [1.165, 1.54) is 4.68 Å². The van der Waals surface area contributed by atoms with Crippen LogP contribution in [0.25, 0.3) is 0 Å². The summed E-state index contributed by atoms with van der Waals surface area (Å²) in [5, 5.41) is 18.6. The number of amides is 1. The largest absolute Gasteiger partial charge is 0.409 e. The number of nitrogens with two attached hydrogens (primary N) is 1. The molecule has 1 aromatic carbocycles. The van der Waals surface area contributed by atoms with Gasteiger partial charge < -0.3 is 16.3 Å². The number of carbonyl (C=O) groups is 1. The monoisotopic (exact) mass is 287 g/mol. The van der Waals surface area contributed by atoms with Crippen LogP contribution in [0.2, 0.25) is 0 Å². The number of nitrogens with one attached hydrogen (secondary N) is 1. The highest BCUT2D eigenvalue weighted by molar-refractivity contribution is 6.05. The highest BCUT2D eigenvalue weighted by Gasteiger charge is 2.13. The average Bonchev–Trinajstić information content (AvgIpc) is 2.79. The van der Waals surface area contributed by atoms with Crippen molar-refractivity contribution in [1.29, 1.82) is 0 Å². The van der Waals surface area contributed by atoms with E-state index in [9.17, 15) is 4.79 Å². The number of aromatic nitrogens is 2. The molecule has 7 nitrogen and oxygen atoms in total. The van der Waals surface area contributed by atoms with Crippen LogP contribution in [0.15, 0.2) is 29.4 Å². The van der Waals surface area contributed by atoms with Gasteiger partial charge in [0.2, 0.25) is 0 Å². The summed E-state index contributed by atoms with van der Waals surface area (Å²) in [6.07, 6.45) is 0. The summed E-state index contributed by atoms with van der Waals surface area (Å²) in [6, 6.07) is 6.87. The van der Waals surface area contributed by atoms with Crippen LogP contribution < -0.4 is 11.1 Å². The number of hydrogen-bond donors (Lipinski definition) is 3. The Hall–Kier alpha value is -2.83. The summed E-state index contributed by atoms with van der Waals surface area (Å²) < 4.78 is 1.52. The van der Waals surface area contributed by atoms with Gasteiger partial charge in [0, 0.05) is 18.3 Å². The number of benzene rings is 1. The van der Waals surface area contributed by atoms with Crippen LogP contribution in [-0.2, 0) is 7.05 Å². The van der Waals surface area contributed by atoms with Crippen molar-refractivity contribution in [3.8, 4) is 0 Å². The molecule has 0 saturated carbocycles. The van der Waals surface area contributed by atoms with Gasteiger partial charge in [0.1, 0.15) is 5.69 Å². The fraction of sp³-hybridized carbons (Fsp3) is 0.214. The molecule has 0 bridgehead atoms. The van der Waals surface area contributed by atoms with E-state index < -0.39 is 0 Å². The Balaban J connectivity index is 2.31. The summed E-state index contributed by atoms with van der Waals surface area (Å²) in [7, 11) is 1.71. The molecular formula is C14H17N5O2.